The Morgan fingerprint density at radius 3 is 2.89 bits per heavy atom. The fourth-order valence-electron chi connectivity index (χ4n) is 3.09. The number of hydrogen-bond donors (Lipinski definition) is 1. The highest BCUT2D eigenvalue weighted by Crippen LogP contribution is 2.21. The van der Waals surface area contributed by atoms with Gasteiger partial charge >= 0.3 is 0 Å². The molecule has 3 rings (SSSR count). The second-order valence-electron chi connectivity index (χ2n) is 5.53. The number of hydrogen-bond acceptors (Lipinski definition) is 2. The lowest BCUT2D eigenvalue weighted by Gasteiger charge is -2.24. The summed E-state index contributed by atoms with van der Waals surface area (Å²) in [6.45, 7) is 1.56. The molecule has 2 aliphatic rings. The molecule has 1 aromatic carbocycles. The van der Waals surface area contributed by atoms with Gasteiger partial charge < -0.3 is 10.2 Å². The number of carbonyl (C=O) groups is 1. The summed E-state index contributed by atoms with van der Waals surface area (Å²) in [4.78, 5) is 14.2. The van der Waals surface area contributed by atoms with Crippen molar-refractivity contribution in [2.24, 2.45) is 0 Å². The van der Waals surface area contributed by atoms with Gasteiger partial charge in [0, 0.05) is 25.2 Å². The fraction of sp³-hybridized carbons (Fsp3) is 0.533. The summed E-state index contributed by atoms with van der Waals surface area (Å²) in [6.07, 6.45) is 3.55. The van der Waals surface area contributed by atoms with Crippen LogP contribution in [0.15, 0.2) is 24.3 Å². The van der Waals surface area contributed by atoms with Gasteiger partial charge in [0.2, 0.25) is 5.91 Å². The van der Waals surface area contributed by atoms with Crippen molar-refractivity contribution < 1.29 is 9.18 Å². The average Bonchev–Trinajstić information content (AvgIpc) is 2.71. The van der Waals surface area contributed by atoms with Crippen molar-refractivity contribution in [1.29, 1.82) is 0 Å². The standard InChI is InChI=1S/C15H19FN2O/c16-14-4-2-1-3-11(14)9-15(19)18-8-7-12-5-6-13(10-18)17-12/h1-4,12-13,17H,5-10H2/t12-,13+/m1/s1. The first-order chi connectivity index (χ1) is 9.22. The lowest BCUT2D eigenvalue weighted by Crippen LogP contribution is -2.39. The first kappa shape index (κ1) is 12.6. The number of halogens is 1. The van der Waals surface area contributed by atoms with E-state index in [1.54, 1.807) is 18.2 Å². The van der Waals surface area contributed by atoms with E-state index >= 15 is 0 Å². The predicted octanol–water partition coefficient (Wildman–Crippen LogP) is 1.72. The molecule has 19 heavy (non-hydrogen) atoms. The van der Waals surface area contributed by atoms with E-state index < -0.39 is 0 Å². The summed E-state index contributed by atoms with van der Waals surface area (Å²) in [5.74, 6) is -0.246. The maximum atomic E-state index is 13.6. The first-order valence-corrected chi connectivity index (χ1v) is 6.99. The number of rotatable bonds is 2. The Balaban J connectivity index is 1.66. The summed E-state index contributed by atoms with van der Waals surface area (Å²) in [6, 6.07) is 7.52. The molecule has 2 fully saturated rings. The Hall–Kier alpha value is -1.42. The lowest BCUT2D eigenvalue weighted by atomic mass is 10.1. The molecule has 0 spiro atoms. The number of fused-ring (bicyclic) bond motifs is 2. The molecule has 0 radical (unpaired) electrons. The number of nitrogens with one attached hydrogen (secondary N) is 1. The molecule has 0 aliphatic carbocycles. The number of nitrogens with zero attached hydrogens (tertiary/aromatic N) is 1. The summed E-state index contributed by atoms with van der Waals surface area (Å²) in [7, 11) is 0. The first-order valence-electron chi connectivity index (χ1n) is 6.99. The molecule has 1 amide bonds. The van der Waals surface area contributed by atoms with Gasteiger partial charge in [0.15, 0.2) is 0 Å². The van der Waals surface area contributed by atoms with Crippen molar-refractivity contribution in [2.75, 3.05) is 13.1 Å². The lowest BCUT2D eigenvalue weighted by molar-refractivity contribution is -0.130. The van der Waals surface area contributed by atoms with E-state index in [9.17, 15) is 9.18 Å². The van der Waals surface area contributed by atoms with Crippen molar-refractivity contribution in [2.45, 2.75) is 37.8 Å². The van der Waals surface area contributed by atoms with Crippen LogP contribution >= 0.6 is 0 Å². The maximum absolute atomic E-state index is 13.6. The molecule has 1 N–H and O–H groups in total. The van der Waals surface area contributed by atoms with E-state index in [0.717, 1.165) is 25.9 Å². The van der Waals surface area contributed by atoms with Gasteiger partial charge in [-0.3, -0.25) is 4.79 Å². The minimum atomic E-state index is -0.287. The van der Waals surface area contributed by atoms with Crippen LogP contribution in [0.2, 0.25) is 0 Å². The minimum Gasteiger partial charge on any atom is -0.341 e. The van der Waals surface area contributed by atoms with Crippen molar-refractivity contribution >= 4 is 5.91 Å². The molecule has 4 heteroatoms. The third kappa shape index (κ3) is 2.78. The van der Waals surface area contributed by atoms with Crippen LogP contribution in [-0.2, 0) is 11.2 Å². The van der Waals surface area contributed by atoms with E-state index in [0.29, 0.717) is 17.6 Å². The normalized spacial score (nSPS) is 26.3. The van der Waals surface area contributed by atoms with Crippen LogP contribution in [0, 0.1) is 5.82 Å². The highest BCUT2D eigenvalue weighted by atomic mass is 19.1. The number of likely N-dealkylation sites (tertiary alicyclic amines) is 1. The summed E-state index contributed by atoms with van der Waals surface area (Å²) in [5.41, 5.74) is 0.495. The highest BCUT2D eigenvalue weighted by Gasteiger charge is 2.31. The Morgan fingerprint density at radius 2 is 2.05 bits per heavy atom. The SMILES string of the molecule is O=C(Cc1ccccc1F)N1CC[C@H]2CC[C@@H](C1)N2. The fourth-order valence-corrected chi connectivity index (χ4v) is 3.09. The highest BCUT2D eigenvalue weighted by molar-refractivity contribution is 5.79. The van der Waals surface area contributed by atoms with Gasteiger partial charge in [-0.05, 0) is 30.9 Å². The van der Waals surface area contributed by atoms with E-state index in [4.69, 9.17) is 0 Å². The van der Waals surface area contributed by atoms with Gasteiger partial charge in [-0.25, -0.2) is 4.39 Å². The summed E-state index contributed by atoms with van der Waals surface area (Å²) >= 11 is 0. The molecule has 0 aromatic heterocycles. The third-order valence-corrected chi connectivity index (χ3v) is 4.18. The molecule has 0 saturated carbocycles. The zero-order chi connectivity index (χ0) is 13.2. The Kier molecular flexibility index (Phi) is 3.51. The minimum absolute atomic E-state index is 0.0412. The van der Waals surface area contributed by atoms with E-state index in [2.05, 4.69) is 5.32 Å². The molecular weight excluding hydrogens is 243 g/mol. The zero-order valence-corrected chi connectivity index (χ0v) is 10.9. The van der Waals surface area contributed by atoms with Crippen LogP contribution in [0.3, 0.4) is 0 Å². The molecule has 2 bridgehead atoms. The summed E-state index contributed by atoms with van der Waals surface area (Å²) < 4.78 is 13.6. The van der Waals surface area contributed by atoms with Crippen molar-refractivity contribution in [3.05, 3.63) is 35.6 Å². The van der Waals surface area contributed by atoms with E-state index in [-0.39, 0.29) is 18.1 Å². The van der Waals surface area contributed by atoms with Crippen LogP contribution in [0.25, 0.3) is 0 Å². The molecular formula is C15H19FN2O. The van der Waals surface area contributed by atoms with Gasteiger partial charge in [0.1, 0.15) is 5.82 Å². The van der Waals surface area contributed by atoms with Gasteiger partial charge in [-0.1, -0.05) is 18.2 Å². The van der Waals surface area contributed by atoms with Gasteiger partial charge in [-0.2, -0.15) is 0 Å². The Labute approximate surface area is 112 Å². The molecule has 3 nitrogen and oxygen atoms in total. The predicted molar refractivity (Wildman–Crippen MR) is 71.2 cm³/mol. The molecule has 2 aliphatic heterocycles. The topological polar surface area (TPSA) is 32.3 Å². The Morgan fingerprint density at radius 1 is 1.26 bits per heavy atom. The quantitative estimate of drug-likeness (QED) is 0.880. The van der Waals surface area contributed by atoms with Crippen molar-refractivity contribution in [3.63, 3.8) is 0 Å². The Bertz CT molecular complexity index is 477. The largest absolute Gasteiger partial charge is 0.341 e. The molecule has 2 atom stereocenters. The third-order valence-electron chi connectivity index (χ3n) is 4.18. The van der Waals surface area contributed by atoms with Crippen LogP contribution in [0.1, 0.15) is 24.8 Å². The van der Waals surface area contributed by atoms with E-state index in [1.165, 1.54) is 12.5 Å². The molecule has 2 saturated heterocycles. The van der Waals surface area contributed by atoms with Gasteiger partial charge in [-0.15, -0.1) is 0 Å². The maximum Gasteiger partial charge on any atom is 0.227 e. The van der Waals surface area contributed by atoms with Crippen LogP contribution in [0.5, 0.6) is 0 Å². The molecule has 2 heterocycles. The van der Waals surface area contributed by atoms with E-state index in [1.807, 2.05) is 4.90 Å². The zero-order valence-electron chi connectivity index (χ0n) is 10.9. The van der Waals surface area contributed by atoms with Crippen LogP contribution in [-0.4, -0.2) is 36.0 Å². The molecule has 102 valence electrons. The number of carbonyl (C=O) groups excluding carboxylic acids is 1. The molecule has 1 aromatic rings. The smallest absolute Gasteiger partial charge is 0.227 e. The van der Waals surface area contributed by atoms with Gasteiger partial charge in [0.05, 0.1) is 6.42 Å². The van der Waals surface area contributed by atoms with Gasteiger partial charge in [0.25, 0.3) is 0 Å². The number of benzene rings is 1. The van der Waals surface area contributed by atoms with Crippen molar-refractivity contribution in [1.82, 2.24) is 10.2 Å². The van der Waals surface area contributed by atoms with Crippen LogP contribution < -0.4 is 5.32 Å². The average molecular weight is 262 g/mol. The van der Waals surface area contributed by atoms with Crippen molar-refractivity contribution in [3.8, 4) is 0 Å². The second-order valence-corrected chi connectivity index (χ2v) is 5.53. The monoisotopic (exact) mass is 262 g/mol. The van der Waals surface area contributed by atoms with Crippen LogP contribution in [0.4, 0.5) is 4.39 Å². The summed E-state index contributed by atoms with van der Waals surface area (Å²) in [5, 5.41) is 3.54. The number of amides is 1. The second kappa shape index (κ2) is 5.29. The molecule has 0 unspecified atom stereocenters.